The van der Waals surface area contributed by atoms with Gasteiger partial charge in [0, 0.05) is 5.56 Å². The summed E-state index contributed by atoms with van der Waals surface area (Å²) in [5, 5.41) is 12.0. The molecule has 3 aromatic rings. The van der Waals surface area contributed by atoms with Gasteiger partial charge in [-0.05, 0) is 60.4 Å². The molecule has 3 aromatic carbocycles. The number of alkyl halides is 3. The average Bonchev–Trinajstić information content (AvgIpc) is 2.72. The molecule has 1 amide bonds. The third-order valence-electron chi connectivity index (χ3n) is 4.46. The van der Waals surface area contributed by atoms with Crippen LogP contribution in [0.2, 0.25) is 0 Å². The Morgan fingerprint density at radius 2 is 1.48 bits per heavy atom. The lowest BCUT2D eigenvalue weighted by atomic mass is 10.0. The molecule has 0 spiro atoms. The minimum absolute atomic E-state index is 0.0401. The number of amides is 1. The van der Waals surface area contributed by atoms with E-state index >= 15 is 0 Å². The Morgan fingerprint density at radius 3 is 2.10 bits per heavy atom. The molecule has 0 radical (unpaired) electrons. The predicted molar refractivity (Wildman–Crippen MR) is 108 cm³/mol. The molecular formula is C23H18F3NO4. The Kier molecular flexibility index (Phi) is 6.59. The van der Waals surface area contributed by atoms with E-state index in [0.717, 1.165) is 11.1 Å². The lowest BCUT2D eigenvalue weighted by molar-refractivity contribution is -0.274. The first-order valence-corrected chi connectivity index (χ1v) is 9.28. The highest BCUT2D eigenvalue weighted by atomic mass is 19.4. The Morgan fingerprint density at radius 1 is 0.871 bits per heavy atom. The molecule has 160 valence electrons. The van der Waals surface area contributed by atoms with Crippen molar-refractivity contribution in [3.05, 3.63) is 95.1 Å². The van der Waals surface area contributed by atoms with Gasteiger partial charge in [-0.15, -0.1) is 13.2 Å². The maximum absolute atomic E-state index is 12.4. The van der Waals surface area contributed by atoms with Gasteiger partial charge in [0.05, 0.1) is 11.3 Å². The Hall–Kier alpha value is -3.81. The first-order valence-electron chi connectivity index (χ1n) is 9.28. The number of aryl methyl sites for hydroxylation is 2. The van der Waals surface area contributed by atoms with E-state index in [0.29, 0.717) is 18.4 Å². The summed E-state index contributed by atoms with van der Waals surface area (Å²) >= 11 is 0. The first kappa shape index (κ1) is 21.9. The minimum atomic E-state index is -4.74. The van der Waals surface area contributed by atoms with Crippen LogP contribution in [-0.4, -0.2) is 23.3 Å². The maximum atomic E-state index is 12.4. The summed E-state index contributed by atoms with van der Waals surface area (Å²) in [6.45, 7) is 0. The van der Waals surface area contributed by atoms with Gasteiger partial charge in [-0.25, -0.2) is 4.79 Å². The lowest BCUT2D eigenvalue weighted by Crippen LogP contribution is -2.17. The monoisotopic (exact) mass is 429 g/mol. The van der Waals surface area contributed by atoms with Crippen LogP contribution in [0.4, 0.5) is 18.9 Å². The second-order valence-electron chi connectivity index (χ2n) is 6.70. The van der Waals surface area contributed by atoms with Crippen LogP contribution >= 0.6 is 0 Å². The van der Waals surface area contributed by atoms with Crippen LogP contribution in [0.25, 0.3) is 0 Å². The summed E-state index contributed by atoms with van der Waals surface area (Å²) in [6, 6.07) is 18.6. The second-order valence-corrected chi connectivity index (χ2v) is 6.70. The molecule has 31 heavy (non-hydrogen) atoms. The molecule has 8 heteroatoms. The quantitative estimate of drug-likeness (QED) is 0.533. The maximum Gasteiger partial charge on any atom is 0.573 e. The molecule has 0 heterocycles. The number of carbonyl (C=O) groups is 2. The van der Waals surface area contributed by atoms with E-state index < -0.39 is 18.2 Å². The van der Waals surface area contributed by atoms with E-state index in [2.05, 4.69) is 10.1 Å². The molecule has 0 aliphatic rings. The van der Waals surface area contributed by atoms with Crippen LogP contribution in [-0.2, 0) is 12.8 Å². The number of benzene rings is 3. The van der Waals surface area contributed by atoms with Gasteiger partial charge in [0.15, 0.2) is 0 Å². The van der Waals surface area contributed by atoms with E-state index in [1.807, 2.05) is 0 Å². The summed E-state index contributed by atoms with van der Waals surface area (Å²) in [7, 11) is 0. The summed E-state index contributed by atoms with van der Waals surface area (Å²) in [5.74, 6) is -1.90. The third kappa shape index (κ3) is 6.33. The van der Waals surface area contributed by atoms with Gasteiger partial charge in [-0.2, -0.15) is 0 Å². The number of halogens is 3. The number of carboxylic acids is 1. The molecule has 0 bridgehead atoms. The zero-order valence-electron chi connectivity index (χ0n) is 16.1. The van der Waals surface area contributed by atoms with Crippen molar-refractivity contribution in [1.29, 1.82) is 0 Å². The van der Waals surface area contributed by atoms with E-state index in [9.17, 15) is 27.9 Å². The standard InChI is InChI=1S/C23H18F3NO4/c24-23(25,26)31-18-11-8-15(9-12-18)6-7-16-10-13-19(22(29)30)20(14-16)27-21(28)17-4-2-1-3-5-17/h1-5,8-14H,6-7H2,(H,27,28)(H,29,30). The van der Waals surface area contributed by atoms with E-state index in [4.69, 9.17) is 0 Å². The molecule has 0 saturated heterocycles. The molecule has 0 aromatic heterocycles. The zero-order valence-corrected chi connectivity index (χ0v) is 16.1. The van der Waals surface area contributed by atoms with Crippen molar-refractivity contribution in [1.82, 2.24) is 0 Å². The number of ether oxygens (including phenoxy) is 1. The number of carbonyl (C=O) groups excluding carboxylic acids is 1. The van der Waals surface area contributed by atoms with Gasteiger partial charge in [-0.3, -0.25) is 4.79 Å². The summed E-state index contributed by atoms with van der Waals surface area (Å²) in [6.07, 6.45) is -3.74. The molecule has 3 rings (SSSR count). The summed E-state index contributed by atoms with van der Waals surface area (Å²) in [4.78, 5) is 23.9. The second kappa shape index (κ2) is 9.34. The summed E-state index contributed by atoms with van der Waals surface area (Å²) in [5.41, 5.74) is 2.08. The molecule has 0 unspecified atom stereocenters. The molecular weight excluding hydrogens is 411 g/mol. The van der Waals surface area contributed by atoms with Crippen molar-refractivity contribution in [2.75, 3.05) is 5.32 Å². The van der Waals surface area contributed by atoms with Gasteiger partial charge < -0.3 is 15.2 Å². The molecule has 2 N–H and O–H groups in total. The van der Waals surface area contributed by atoms with Crippen LogP contribution < -0.4 is 10.1 Å². The normalized spacial score (nSPS) is 11.1. The number of carboxylic acid groups (broad SMARTS) is 1. The smallest absolute Gasteiger partial charge is 0.478 e. The van der Waals surface area contributed by atoms with Crippen molar-refractivity contribution >= 4 is 17.6 Å². The van der Waals surface area contributed by atoms with Gasteiger partial charge in [0.25, 0.3) is 5.91 Å². The van der Waals surface area contributed by atoms with Crippen molar-refractivity contribution < 1.29 is 32.6 Å². The van der Waals surface area contributed by atoms with Crippen LogP contribution in [0.3, 0.4) is 0 Å². The Bertz CT molecular complexity index is 1060. The average molecular weight is 429 g/mol. The van der Waals surface area contributed by atoms with Crippen LogP contribution in [0.15, 0.2) is 72.8 Å². The fourth-order valence-electron chi connectivity index (χ4n) is 2.97. The lowest BCUT2D eigenvalue weighted by Gasteiger charge is -2.12. The van der Waals surface area contributed by atoms with Crippen molar-refractivity contribution in [3.8, 4) is 5.75 Å². The van der Waals surface area contributed by atoms with E-state index in [1.54, 1.807) is 42.5 Å². The van der Waals surface area contributed by atoms with Crippen molar-refractivity contribution in [2.45, 2.75) is 19.2 Å². The molecule has 0 saturated carbocycles. The highest BCUT2D eigenvalue weighted by molar-refractivity contribution is 6.07. The first-order chi connectivity index (χ1) is 14.7. The van der Waals surface area contributed by atoms with Gasteiger partial charge in [0.1, 0.15) is 5.75 Å². The number of aromatic carboxylic acids is 1. The highest BCUT2D eigenvalue weighted by Crippen LogP contribution is 2.24. The third-order valence-corrected chi connectivity index (χ3v) is 4.46. The fourth-order valence-corrected chi connectivity index (χ4v) is 2.97. The van der Waals surface area contributed by atoms with Crippen LogP contribution in [0, 0.1) is 0 Å². The van der Waals surface area contributed by atoms with Gasteiger partial charge in [-0.1, -0.05) is 36.4 Å². The molecule has 0 aliphatic carbocycles. The topological polar surface area (TPSA) is 75.6 Å². The van der Waals surface area contributed by atoms with Gasteiger partial charge >= 0.3 is 12.3 Å². The van der Waals surface area contributed by atoms with Crippen molar-refractivity contribution in [3.63, 3.8) is 0 Å². The SMILES string of the molecule is O=C(Nc1cc(CCc2ccc(OC(F)(F)F)cc2)ccc1C(=O)O)c1ccccc1. The predicted octanol–water partition coefficient (Wildman–Crippen LogP) is 5.32. The van der Waals surface area contributed by atoms with E-state index in [1.165, 1.54) is 30.3 Å². The number of hydrogen-bond donors (Lipinski definition) is 2. The highest BCUT2D eigenvalue weighted by Gasteiger charge is 2.30. The zero-order chi connectivity index (χ0) is 22.4. The van der Waals surface area contributed by atoms with Crippen LogP contribution in [0.5, 0.6) is 5.75 Å². The largest absolute Gasteiger partial charge is 0.573 e. The number of nitrogens with one attached hydrogen (secondary N) is 1. The summed E-state index contributed by atoms with van der Waals surface area (Å²) < 4.78 is 40.6. The number of rotatable bonds is 7. The van der Waals surface area contributed by atoms with Crippen molar-refractivity contribution in [2.24, 2.45) is 0 Å². The molecule has 0 atom stereocenters. The Labute approximate surface area is 176 Å². The minimum Gasteiger partial charge on any atom is -0.478 e. The van der Waals surface area contributed by atoms with E-state index in [-0.39, 0.29) is 17.0 Å². The van der Waals surface area contributed by atoms with Gasteiger partial charge in [0.2, 0.25) is 0 Å². The number of anilines is 1. The number of hydrogen-bond acceptors (Lipinski definition) is 3. The molecule has 0 fully saturated rings. The Balaban J connectivity index is 1.71. The molecule has 0 aliphatic heterocycles. The fraction of sp³-hybridized carbons (Fsp3) is 0.130. The van der Waals surface area contributed by atoms with Crippen LogP contribution in [0.1, 0.15) is 31.8 Å². The molecule has 5 nitrogen and oxygen atoms in total.